The smallest absolute Gasteiger partial charge is 0.254 e. The van der Waals surface area contributed by atoms with Gasteiger partial charge in [0.2, 0.25) is 0 Å². The van der Waals surface area contributed by atoms with E-state index < -0.39 is 0 Å². The Bertz CT molecular complexity index is 789. The molecule has 1 fully saturated rings. The number of hydrogen-bond acceptors (Lipinski definition) is 4. The summed E-state index contributed by atoms with van der Waals surface area (Å²) < 4.78 is 0. The van der Waals surface area contributed by atoms with Crippen molar-refractivity contribution >= 4 is 17.4 Å². The van der Waals surface area contributed by atoms with Gasteiger partial charge < -0.3 is 15.1 Å². The van der Waals surface area contributed by atoms with Crippen LogP contribution >= 0.6 is 0 Å². The Labute approximate surface area is 162 Å². The third-order valence-corrected chi connectivity index (χ3v) is 5.11. The lowest BCUT2D eigenvalue weighted by Crippen LogP contribution is -2.48. The van der Waals surface area contributed by atoms with Gasteiger partial charge in [-0.15, -0.1) is 0 Å². The number of nitrogens with one attached hydrogen (secondary N) is 1. The van der Waals surface area contributed by atoms with Gasteiger partial charge in [0.15, 0.2) is 0 Å². The third-order valence-electron chi connectivity index (χ3n) is 5.11. The zero-order valence-corrected chi connectivity index (χ0v) is 16.8. The van der Waals surface area contributed by atoms with Gasteiger partial charge in [0.25, 0.3) is 5.91 Å². The highest BCUT2D eigenvalue weighted by Gasteiger charge is 2.22. The number of likely N-dealkylation sites (N-methyl/N-ethyl adjacent to an activating group) is 1. The standard InChI is InChI=1S/C22H30N4O/c1-5-25-12-14-26(15-13-25)21(27)17-10-11-23-20(16-17)24-19-9-7-6-8-18(19)22(2,3)4/h6-11,16H,5,12-15H2,1-4H3,(H,23,24). The van der Waals surface area contributed by atoms with E-state index in [0.717, 1.165) is 38.4 Å². The van der Waals surface area contributed by atoms with Gasteiger partial charge in [-0.3, -0.25) is 4.79 Å². The van der Waals surface area contributed by atoms with Crippen LogP contribution in [0.4, 0.5) is 11.5 Å². The fraction of sp³-hybridized carbons (Fsp3) is 0.455. The van der Waals surface area contributed by atoms with Gasteiger partial charge >= 0.3 is 0 Å². The van der Waals surface area contributed by atoms with Crippen molar-refractivity contribution in [3.63, 3.8) is 0 Å². The van der Waals surface area contributed by atoms with Crippen molar-refractivity contribution in [2.75, 3.05) is 38.0 Å². The molecule has 0 atom stereocenters. The molecule has 3 rings (SSSR count). The molecule has 1 aliphatic heterocycles. The molecule has 0 saturated carbocycles. The number of benzene rings is 1. The Morgan fingerprint density at radius 3 is 2.48 bits per heavy atom. The van der Waals surface area contributed by atoms with Gasteiger partial charge in [-0.25, -0.2) is 4.98 Å². The molecule has 144 valence electrons. The third kappa shape index (κ3) is 4.66. The lowest BCUT2D eigenvalue weighted by molar-refractivity contribution is 0.0643. The van der Waals surface area contributed by atoms with Crippen LogP contribution in [0.5, 0.6) is 0 Å². The number of hydrogen-bond donors (Lipinski definition) is 1. The Kier molecular flexibility index (Phi) is 5.80. The minimum absolute atomic E-state index is 0.0238. The van der Waals surface area contributed by atoms with E-state index in [0.29, 0.717) is 11.4 Å². The topological polar surface area (TPSA) is 48.5 Å². The predicted octanol–water partition coefficient (Wildman–Crippen LogP) is 3.90. The summed E-state index contributed by atoms with van der Waals surface area (Å²) >= 11 is 0. The Balaban J connectivity index is 1.76. The zero-order chi connectivity index (χ0) is 19.4. The number of para-hydroxylation sites is 1. The maximum Gasteiger partial charge on any atom is 0.254 e. The van der Waals surface area contributed by atoms with Crippen molar-refractivity contribution in [2.24, 2.45) is 0 Å². The summed E-state index contributed by atoms with van der Waals surface area (Å²) in [6.45, 7) is 13.2. The number of rotatable bonds is 4. The predicted molar refractivity (Wildman–Crippen MR) is 111 cm³/mol. The summed E-state index contributed by atoms with van der Waals surface area (Å²) in [4.78, 5) is 21.6. The molecule has 0 unspecified atom stereocenters. The average molecular weight is 367 g/mol. The summed E-state index contributed by atoms with van der Waals surface area (Å²) in [5.74, 6) is 0.782. The molecular formula is C22H30N4O. The molecule has 0 bridgehead atoms. The second kappa shape index (κ2) is 8.09. The van der Waals surface area contributed by atoms with Crippen LogP contribution in [0.1, 0.15) is 43.6 Å². The van der Waals surface area contributed by atoms with E-state index in [-0.39, 0.29) is 11.3 Å². The van der Waals surface area contributed by atoms with Crippen molar-refractivity contribution in [2.45, 2.75) is 33.1 Å². The van der Waals surface area contributed by atoms with Crippen molar-refractivity contribution in [3.8, 4) is 0 Å². The molecule has 1 aromatic carbocycles. The summed E-state index contributed by atoms with van der Waals surface area (Å²) in [6.07, 6.45) is 1.71. The minimum atomic E-state index is 0.0238. The molecule has 0 radical (unpaired) electrons. The van der Waals surface area contributed by atoms with Crippen molar-refractivity contribution in [1.29, 1.82) is 0 Å². The quantitative estimate of drug-likeness (QED) is 0.891. The highest BCUT2D eigenvalue weighted by Crippen LogP contribution is 2.31. The maximum absolute atomic E-state index is 12.9. The van der Waals surface area contributed by atoms with Gasteiger partial charge in [-0.05, 0) is 35.7 Å². The second-order valence-electron chi connectivity index (χ2n) is 8.08. The SMILES string of the molecule is CCN1CCN(C(=O)c2ccnc(Nc3ccccc3C(C)(C)C)c2)CC1. The molecule has 1 aliphatic rings. The van der Waals surface area contributed by atoms with E-state index in [1.807, 2.05) is 17.0 Å². The van der Waals surface area contributed by atoms with Crippen LogP contribution in [0.15, 0.2) is 42.6 Å². The van der Waals surface area contributed by atoms with Crippen LogP contribution in [0.25, 0.3) is 0 Å². The van der Waals surface area contributed by atoms with Crippen LogP contribution in [-0.2, 0) is 5.41 Å². The molecule has 5 heteroatoms. The van der Waals surface area contributed by atoms with Gasteiger partial charge in [0.05, 0.1) is 0 Å². The molecule has 0 aliphatic carbocycles. The largest absolute Gasteiger partial charge is 0.340 e. The average Bonchev–Trinajstić information content (AvgIpc) is 2.67. The van der Waals surface area contributed by atoms with Crippen LogP contribution in [0.2, 0.25) is 0 Å². The van der Waals surface area contributed by atoms with Gasteiger partial charge in [-0.1, -0.05) is 45.9 Å². The Morgan fingerprint density at radius 1 is 1.11 bits per heavy atom. The molecule has 0 spiro atoms. The zero-order valence-electron chi connectivity index (χ0n) is 16.8. The number of carbonyl (C=O) groups excluding carboxylic acids is 1. The van der Waals surface area contributed by atoms with Gasteiger partial charge in [0.1, 0.15) is 5.82 Å². The summed E-state index contributed by atoms with van der Waals surface area (Å²) in [5, 5.41) is 3.40. The van der Waals surface area contributed by atoms with Crippen molar-refractivity contribution in [3.05, 3.63) is 53.7 Å². The molecule has 5 nitrogen and oxygen atoms in total. The lowest BCUT2D eigenvalue weighted by Gasteiger charge is -2.34. The van der Waals surface area contributed by atoms with E-state index in [1.54, 1.807) is 12.3 Å². The lowest BCUT2D eigenvalue weighted by atomic mass is 9.86. The summed E-state index contributed by atoms with van der Waals surface area (Å²) in [5.41, 5.74) is 2.96. The van der Waals surface area contributed by atoms with Crippen LogP contribution in [-0.4, -0.2) is 53.4 Å². The Hall–Kier alpha value is -2.40. The second-order valence-corrected chi connectivity index (χ2v) is 8.08. The van der Waals surface area contributed by atoms with E-state index in [9.17, 15) is 4.79 Å². The maximum atomic E-state index is 12.9. The first kappa shape index (κ1) is 19.4. The summed E-state index contributed by atoms with van der Waals surface area (Å²) in [7, 11) is 0. The first-order chi connectivity index (χ1) is 12.9. The number of nitrogens with zero attached hydrogens (tertiary/aromatic N) is 3. The van der Waals surface area contributed by atoms with Crippen molar-refractivity contribution < 1.29 is 4.79 Å². The van der Waals surface area contributed by atoms with Crippen molar-refractivity contribution in [1.82, 2.24) is 14.8 Å². The molecule has 2 aromatic rings. The fourth-order valence-electron chi connectivity index (χ4n) is 3.47. The van der Waals surface area contributed by atoms with Crippen LogP contribution in [0.3, 0.4) is 0 Å². The first-order valence-corrected chi connectivity index (χ1v) is 9.72. The molecule has 1 N–H and O–H groups in total. The normalized spacial score (nSPS) is 15.6. The van der Waals surface area contributed by atoms with E-state index >= 15 is 0 Å². The fourth-order valence-corrected chi connectivity index (χ4v) is 3.47. The molecule has 1 amide bonds. The van der Waals surface area contributed by atoms with E-state index in [1.165, 1.54) is 5.56 Å². The highest BCUT2D eigenvalue weighted by atomic mass is 16.2. The van der Waals surface area contributed by atoms with E-state index in [2.05, 4.69) is 61.1 Å². The number of carbonyl (C=O) groups is 1. The molecule has 2 heterocycles. The Morgan fingerprint density at radius 2 is 1.81 bits per heavy atom. The van der Waals surface area contributed by atoms with Gasteiger partial charge in [-0.2, -0.15) is 0 Å². The first-order valence-electron chi connectivity index (χ1n) is 9.72. The highest BCUT2D eigenvalue weighted by molar-refractivity contribution is 5.95. The number of piperazine rings is 1. The number of pyridine rings is 1. The van der Waals surface area contributed by atoms with E-state index in [4.69, 9.17) is 0 Å². The monoisotopic (exact) mass is 366 g/mol. The number of amides is 1. The molecule has 1 saturated heterocycles. The molecule has 27 heavy (non-hydrogen) atoms. The molecular weight excluding hydrogens is 336 g/mol. The summed E-state index contributed by atoms with van der Waals surface area (Å²) in [6, 6.07) is 11.9. The van der Waals surface area contributed by atoms with Gasteiger partial charge in [0, 0.05) is 43.6 Å². The number of anilines is 2. The number of aromatic nitrogens is 1. The molecule has 1 aromatic heterocycles. The minimum Gasteiger partial charge on any atom is -0.340 e. The van der Waals surface area contributed by atoms with Crippen LogP contribution < -0.4 is 5.32 Å². The van der Waals surface area contributed by atoms with Crippen LogP contribution in [0, 0.1) is 0 Å².